The summed E-state index contributed by atoms with van der Waals surface area (Å²) in [5.41, 5.74) is -0.00352. The number of nitrogens with one attached hydrogen (secondary N) is 2. The molecule has 0 bridgehead atoms. The minimum absolute atomic E-state index is 0.0205. The predicted molar refractivity (Wildman–Crippen MR) is 71.6 cm³/mol. The number of rotatable bonds is 4. The van der Waals surface area contributed by atoms with Crippen LogP contribution in [0.5, 0.6) is 0 Å². The SMILES string of the molecule is O=C1CCC(CNC(=O)c2ccc([N+](=O)[O-])cc2Cl)N1. The highest BCUT2D eigenvalue weighted by Gasteiger charge is 2.22. The number of carbonyl (C=O) groups excluding carboxylic acids is 2. The van der Waals surface area contributed by atoms with Gasteiger partial charge < -0.3 is 10.6 Å². The van der Waals surface area contributed by atoms with E-state index in [4.69, 9.17) is 11.6 Å². The van der Waals surface area contributed by atoms with Crippen molar-refractivity contribution in [2.24, 2.45) is 0 Å². The lowest BCUT2D eigenvalue weighted by Crippen LogP contribution is -2.38. The molecule has 0 saturated carbocycles. The third-order valence-corrected chi connectivity index (χ3v) is 3.31. The van der Waals surface area contributed by atoms with E-state index in [1.165, 1.54) is 12.1 Å². The van der Waals surface area contributed by atoms with Crippen molar-refractivity contribution in [1.82, 2.24) is 10.6 Å². The first-order valence-corrected chi connectivity index (χ1v) is 6.36. The van der Waals surface area contributed by atoms with Crippen molar-refractivity contribution in [3.8, 4) is 0 Å². The molecule has 1 saturated heterocycles. The van der Waals surface area contributed by atoms with Gasteiger partial charge >= 0.3 is 0 Å². The van der Waals surface area contributed by atoms with Crippen LogP contribution in [0.3, 0.4) is 0 Å². The van der Waals surface area contributed by atoms with Crippen LogP contribution in [0.1, 0.15) is 23.2 Å². The van der Waals surface area contributed by atoms with E-state index in [1.54, 1.807) is 0 Å². The summed E-state index contributed by atoms with van der Waals surface area (Å²) in [5.74, 6) is -0.455. The van der Waals surface area contributed by atoms with Crippen LogP contribution in [0, 0.1) is 10.1 Å². The molecular formula is C12H12ClN3O4. The van der Waals surface area contributed by atoms with Crippen molar-refractivity contribution in [2.45, 2.75) is 18.9 Å². The molecule has 1 aliphatic rings. The van der Waals surface area contributed by atoms with Gasteiger partial charge in [0.2, 0.25) is 5.91 Å². The molecule has 2 N–H and O–H groups in total. The van der Waals surface area contributed by atoms with Crippen molar-refractivity contribution in [3.63, 3.8) is 0 Å². The quantitative estimate of drug-likeness (QED) is 0.645. The average molecular weight is 298 g/mol. The van der Waals surface area contributed by atoms with Crippen LogP contribution in [0.2, 0.25) is 5.02 Å². The largest absolute Gasteiger partial charge is 0.352 e. The number of amides is 2. The zero-order chi connectivity index (χ0) is 14.7. The molecule has 20 heavy (non-hydrogen) atoms. The van der Waals surface area contributed by atoms with Gasteiger partial charge in [0.15, 0.2) is 0 Å². The van der Waals surface area contributed by atoms with Crippen molar-refractivity contribution < 1.29 is 14.5 Å². The van der Waals surface area contributed by atoms with E-state index < -0.39 is 10.8 Å². The molecular weight excluding hydrogens is 286 g/mol. The van der Waals surface area contributed by atoms with Gasteiger partial charge in [0, 0.05) is 31.1 Å². The van der Waals surface area contributed by atoms with Crippen LogP contribution >= 0.6 is 11.6 Å². The zero-order valence-electron chi connectivity index (χ0n) is 10.4. The molecule has 8 heteroatoms. The second-order valence-electron chi connectivity index (χ2n) is 4.43. The van der Waals surface area contributed by atoms with Gasteiger partial charge in [-0.2, -0.15) is 0 Å². The molecule has 106 valence electrons. The second kappa shape index (κ2) is 5.87. The summed E-state index contributed by atoms with van der Waals surface area (Å²) >= 11 is 5.85. The number of benzene rings is 1. The van der Waals surface area contributed by atoms with E-state index in [0.29, 0.717) is 19.4 Å². The lowest BCUT2D eigenvalue weighted by molar-refractivity contribution is -0.384. The Hall–Kier alpha value is -2.15. The molecule has 2 amide bonds. The molecule has 0 radical (unpaired) electrons. The summed E-state index contributed by atoms with van der Waals surface area (Å²) in [4.78, 5) is 32.9. The third kappa shape index (κ3) is 3.24. The molecule has 1 fully saturated rings. The molecule has 0 spiro atoms. The molecule has 0 aliphatic carbocycles. The highest BCUT2D eigenvalue weighted by Crippen LogP contribution is 2.22. The fourth-order valence-corrected chi connectivity index (χ4v) is 2.20. The summed E-state index contributed by atoms with van der Waals surface area (Å²) in [5, 5.41) is 16.0. The van der Waals surface area contributed by atoms with E-state index in [0.717, 1.165) is 6.07 Å². The molecule has 1 aliphatic heterocycles. The van der Waals surface area contributed by atoms with Crippen LogP contribution in [-0.2, 0) is 4.79 Å². The standard InChI is InChI=1S/C12H12ClN3O4/c13-10-5-8(16(19)20)2-3-9(10)12(18)14-6-7-1-4-11(17)15-7/h2-3,5,7H,1,4,6H2,(H,14,18)(H,15,17). The number of nitro groups is 1. The Balaban J connectivity index is 1.98. The molecule has 1 aromatic rings. The topological polar surface area (TPSA) is 101 Å². The highest BCUT2D eigenvalue weighted by atomic mass is 35.5. The molecule has 1 unspecified atom stereocenters. The van der Waals surface area contributed by atoms with Crippen molar-refractivity contribution in [2.75, 3.05) is 6.54 Å². The van der Waals surface area contributed by atoms with Crippen molar-refractivity contribution >= 4 is 29.1 Å². The van der Waals surface area contributed by atoms with Crippen molar-refractivity contribution in [3.05, 3.63) is 38.9 Å². The molecule has 1 atom stereocenters. The molecule has 1 heterocycles. The number of carbonyl (C=O) groups is 2. The maximum Gasteiger partial charge on any atom is 0.270 e. The number of hydrogen-bond acceptors (Lipinski definition) is 4. The van der Waals surface area contributed by atoms with E-state index >= 15 is 0 Å². The van der Waals surface area contributed by atoms with Gasteiger partial charge in [-0.15, -0.1) is 0 Å². The highest BCUT2D eigenvalue weighted by molar-refractivity contribution is 6.34. The fraction of sp³-hybridized carbons (Fsp3) is 0.333. The Labute approximate surface area is 119 Å². The Morgan fingerprint density at radius 3 is 2.85 bits per heavy atom. The minimum atomic E-state index is -0.582. The van der Waals surface area contributed by atoms with E-state index in [-0.39, 0.29) is 28.2 Å². The first-order chi connectivity index (χ1) is 9.47. The van der Waals surface area contributed by atoms with E-state index in [2.05, 4.69) is 10.6 Å². The van der Waals surface area contributed by atoms with Gasteiger partial charge in [0.1, 0.15) is 0 Å². The number of non-ortho nitro benzene ring substituents is 1. The summed E-state index contributed by atoms with van der Waals surface area (Å²) in [7, 11) is 0. The third-order valence-electron chi connectivity index (χ3n) is 3.00. The predicted octanol–water partition coefficient (Wildman–Crippen LogP) is 1.26. The van der Waals surface area contributed by atoms with Gasteiger partial charge in [-0.05, 0) is 12.5 Å². The van der Waals surface area contributed by atoms with Crippen LogP contribution < -0.4 is 10.6 Å². The van der Waals surface area contributed by atoms with Gasteiger partial charge in [-0.25, -0.2) is 0 Å². The Morgan fingerprint density at radius 2 is 2.30 bits per heavy atom. The smallest absolute Gasteiger partial charge is 0.270 e. The number of hydrogen-bond donors (Lipinski definition) is 2. The molecule has 0 aromatic heterocycles. The first-order valence-electron chi connectivity index (χ1n) is 5.99. The summed E-state index contributed by atoms with van der Waals surface area (Å²) in [6.45, 7) is 0.303. The Bertz CT molecular complexity index is 576. The van der Waals surface area contributed by atoms with Crippen LogP contribution in [0.4, 0.5) is 5.69 Å². The summed E-state index contributed by atoms with van der Waals surface area (Å²) in [6.07, 6.45) is 1.13. The van der Waals surface area contributed by atoms with E-state index in [9.17, 15) is 19.7 Å². The fourth-order valence-electron chi connectivity index (χ4n) is 1.94. The lowest BCUT2D eigenvalue weighted by Gasteiger charge is -2.11. The summed E-state index contributed by atoms with van der Waals surface area (Å²) < 4.78 is 0. The first kappa shape index (κ1) is 14.3. The number of halogens is 1. The molecule has 1 aromatic carbocycles. The normalized spacial score (nSPS) is 17.6. The average Bonchev–Trinajstić information content (AvgIpc) is 2.81. The van der Waals surface area contributed by atoms with Gasteiger partial charge in [-0.1, -0.05) is 11.6 Å². The lowest BCUT2D eigenvalue weighted by atomic mass is 10.1. The van der Waals surface area contributed by atoms with Crippen LogP contribution in [-0.4, -0.2) is 29.3 Å². The Morgan fingerprint density at radius 1 is 1.55 bits per heavy atom. The minimum Gasteiger partial charge on any atom is -0.352 e. The van der Waals surface area contributed by atoms with Gasteiger partial charge in [0.05, 0.1) is 15.5 Å². The van der Waals surface area contributed by atoms with E-state index in [1.807, 2.05) is 0 Å². The molecule has 2 rings (SSSR count). The maximum absolute atomic E-state index is 11.9. The second-order valence-corrected chi connectivity index (χ2v) is 4.84. The van der Waals surface area contributed by atoms with Crippen molar-refractivity contribution in [1.29, 1.82) is 0 Å². The molecule has 7 nitrogen and oxygen atoms in total. The van der Waals surface area contributed by atoms with Crippen LogP contribution in [0.15, 0.2) is 18.2 Å². The van der Waals surface area contributed by atoms with Gasteiger partial charge in [-0.3, -0.25) is 19.7 Å². The number of nitro benzene ring substituents is 1. The maximum atomic E-state index is 11.9. The Kier molecular flexibility index (Phi) is 4.19. The number of nitrogens with zero attached hydrogens (tertiary/aromatic N) is 1. The van der Waals surface area contributed by atoms with Gasteiger partial charge in [0.25, 0.3) is 11.6 Å². The van der Waals surface area contributed by atoms with Crippen LogP contribution in [0.25, 0.3) is 0 Å². The summed E-state index contributed by atoms with van der Waals surface area (Å²) in [6, 6.07) is 3.58. The monoisotopic (exact) mass is 297 g/mol. The zero-order valence-corrected chi connectivity index (χ0v) is 11.1.